The summed E-state index contributed by atoms with van der Waals surface area (Å²) in [6.07, 6.45) is 2.67. The Kier molecular flexibility index (Phi) is 4.72. The fourth-order valence-electron chi connectivity index (χ4n) is 1.04. The van der Waals surface area contributed by atoms with E-state index >= 15 is 0 Å². The van der Waals surface area contributed by atoms with E-state index in [0.717, 1.165) is 0 Å². The van der Waals surface area contributed by atoms with E-state index < -0.39 is 6.10 Å². The molecule has 0 radical (unpaired) electrons. The number of aliphatic hydroxyl groups is 1. The van der Waals surface area contributed by atoms with Crippen LogP contribution in [-0.4, -0.2) is 28.8 Å². The molecular formula is C11H17N3O2. The van der Waals surface area contributed by atoms with E-state index in [4.69, 9.17) is 0 Å². The van der Waals surface area contributed by atoms with Gasteiger partial charge < -0.3 is 15.7 Å². The third-order valence-corrected chi connectivity index (χ3v) is 2.18. The highest BCUT2D eigenvalue weighted by atomic mass is 16.3. The predicted octanol–water partition coefficient (Wildman–Crippen LogP) is 1.22. The number of nitrogens with zero attached hydrogens (tertiary/aromatic N) is 1. The maximum atomic E-state index is 11.4. The van der Waals surface area contributed by atoms with Crippen LogP contribution in [0, 0.1) is 5.92 Å². The minimum Gasteiger partial charge on any atom is -0.391 e. The number of urea groups is 1. The third kappa shape index (κ3) is 4.27. The maximum Gasteiger partial charge on any atom is 0.319 e. The summed E-state index contributed by atoms with van der Waals surface area (Å²) in [6, 6.07) is 3.06. The average Bonchev–Trinajstić information content (AvgIpc) is 2.27. The lowest BCUT2D eigenvalue weighted by molar-refractivity contribution is 0.126. The molecule has 0 saturated heterocycles. The van der Waals surface area contributed by atoms with Crippen LogP contribution in [0.5, 0.6) is 0 Å². The Bertz CT molecular complexity index is 327. The van der Waals surface area contributed by atoms with Gasteiger partial charge in [-0.05, 0) is 18.1 Å². The molecule has 0 aliphatic rings. The highest BCUT2D eigenvalue weighted by Crippen LogP contribution is 2.03. The standard InChI is InChI=1S/C11H17N3O2/c1-8(2)10(15)7-13-11(16)14-9-3-5-12-6-4-9/h3-6,8,10,15H,7H2,1-2H3,(H2,12,13,14,16). The van der Waals surface area contributed by atoms with Gasteiger partial charge in [0.1, 0.15) is 0 Å². The van der Waals surface area contributed by atoms with Gasteiger partial charge in [-0.25, -0.2) is 4.79 Å². The number of anilines is 1. The van der Waals surface area contributed by atoms with Gasteiger partial charge >= 0.3 is 6.03 Å². The van der Waals surface area contributed by atoms with Crippen LogP contribution in [0.3, 0.4) is 0 Å². The molecule has 5 nitrogen and oxygen atoms in total. The number of carbonyl (C=O) groups excluding carboxylic acids is 1. The smallest absolute Gasteiger partial charge is 0.319 e. The van der Waals surface area contributed by atoms with Crippen LogP contribution in [0.2, 0.25) is 0 Å². The molecule has 0 bridgehead atoms. The molecule has 3 N–H and O–H groups in total. The van der Waals surface area contributed by atoms with E-state index in [-0.39, 0.29) is 18.5 Å². The van der Waals surface area contributed by atoms with Crippen LogP contribution >= 0.6 is 0 Å². The minimum atomic E-state index is -0.525. The zero-order valence-electron chi connectivity index (χ0n) is 9.47. The van der Waals surface area contributed by atoms with E-state index in [1.807, 2.05) is 13.8 Å². The van der Waals surface area contributed by atoms with Gasteiger partial charge in [0.25, 0.3) is 0 Å². The van der Waals surface area contributed by atoms with Crippen molar-refractivity contribution in [1.82, 2.24) is 10.3 Å². The van der Waals surface area contributed by atoms with Gasteiger partial charge in [0, 0.05) is 24.6 Å². The number of hydrogen-bond donors (Lipinski definition) is 3. The van der Waals surface area contributed by atoms with Crippen molar-refractivity contribution in [2.75, 3.05) is 11.9 Å². The highest BCUT2D eigenvalue weighted by molar-refractivity contribution is 5.89. The number of nitrogens with one attached hydrogen (secondary N) is 2. The number of aromatic nitrogens is 1. The average molecular weight is 223 g/mol. The lowest BCUT2D eigenvalue weighted by Crippen LogP contribution is -2.37. The van der Waals surface area contributed by atoms with Gasteiger partial charge in [0.15, 0.2) is 0 Å². The first-order valence-corrected chi connectivity index (χ1v) is 5.22. The highest BCUT2D eigenvalue weighted by Gasteiger charge is 2.10. The van der Waals surface area contributed by atoms with Crippen LogP contribution in [0.4, 0.5) is 10.5 Å². The fraction of sp³-hybridized carbons (Fsp3) is 0.455. The van der Waals surface area contributed by atoms with Crippen molar-refractivity contribution in [1.29, 1.82) is 0 Å². The van der Waals surface area contributed by atoms with Gasteiger partial charge in [-0.2, -0.15) is 0 Å². The number of aliphatic hydroxyl groups excluding tert-OH is 1. The topological polar surface area (TPSA) is 74.2 Å². The largest absolute Gasteiger partial charge is 0.391 e. The number of rotatable bonds is 4. The Morgan fingerprint density at radius 3 is 2.62 bits per heavy atom. The Hall–Kier alpha value is -1.62. The Balaban J connectivity index is 2.32. The molecule has 0 spiro atoms. The lowest BCUT2D eigenvalue weighted by atomic mass is 10.1. The van der Waals surface area contributed by atoms with Crippen molar-refractivity contribution >= 4 is 11.7 Å². The minimum absolute atomic E-state index is 0.126. The second kappa shape index (κ2) is 6.07. The van der Waals surface area contributed by atoms with Crippen molar-refractivity contribution in [2.24, 2.45) is 5.92 Å². The second-order valence-electron chi connectivity index (χ2n) is 3.88. The van der Waals surface area contributed by atoms with Crippen molar-refractivity contribution in [3.8, 4) is 0 Å². The number of amides is 2. The molecule has 16 heavy (non-hydrogen) atoms. The molecular weight excluding hydrogens is 206 g/mol. The summed E-state index contributed by atoms with van der Waals surface area (Å²) in [5.74, 6) is 0.126. The Morgan fingerprint density at radius 2 is 2.06 bits per heavy atom. The lowest BCUT2D eigenvalue weighted by Gasteiger charge is -2.15. The van der Waals surface area contributed by atoms with Gasteiger partial charge in [0.2, 0.25) is 0 Å². The van der Waals surface area contributed by atoms with Gasteiger partial charge in [-0.3, -0.25) is 4.98 Å². The van der Waals surface area contributed by atoms with Gasteiger partial charge in [0.05, 0.1) is 6.10 Å². The molecule has 0 aliphatic heterocycles. The molecule has 0 saturated carbocycles. The summed E-state index contributed by atoms with van der Waals surface area (Å²) in [7, 11) is 0. The zero-order chi connectivity index (χ0) is 12.0. The molecule has 1 heterocycles. The maximum absolute atomic E-state index is 11.4. The normalized spacial score (nSPS) is 12.2. The Labute approximate surface area is 94.9 Å². The number of carbonyl (C=O) groups is 1. The predicted molar refractivity (Wildman–Crippen MR) is 62.1 cm³/mol. The Morgan fingerprint density at radius 1 is 1.44 bits per heavy atom. The molecule has 1 aromatic rings. The van der Waals surface area contributed by atoms with E-state index in [0.29, 0.717) is 5.69 Å². The molecule has 1 aromatic heterocycles. The number of pyridine rings is 1. The first-order valence-electron chi connectivity index (χ1n) is 5.22. The molecule has 0 fully saturated rings. The third-order valence-electron chi connectivity index (χ3n) is 2.18. The summed E-state index contributed by atoms with van der Waals surface area (Å²) in [5.41, 5.74) is 0.673. The molecule has 2 amide bonds. The van der Waals surface area contributed by atoms with Crippen molar-refractivity contribution in [3.63, 3.8) is 0 Å². The zero-order valence-corrected chi connectivity index (χ0v) is 9.47. The molecule has 88 valence electrons. The monoisotopic (exact) mass is 223 g/mol. The van der Waals surface area contributed by atoms with Crippen LogP contribution in [0.15, 0.2) is 24.5 Å². The van der Waals surface area contributed by atoms with Crippen molar-refractivity contribution in [3.05, 3.63) is 24.5 Å². The second-order valence-corrected chi connectivity index (χ2v) is 3.88. The first-order chi connectivity index (χ1) is 7.59. The SMILES string of the molecule is CC(C)C(O)CNC(=O)Nc1ccncc1. The summed E-state index contributed by atoms with van der Waals surface area (Å²) in [4.78, 5) is 15.2. The quantitative estimate of drug-likeness (QED) is 0.718. The van der Waals surface area contributed by atoms with E-state index in [2.05, 4.69) is 15.6 Å². The van der Waals surface area contributed by atoms with Crippen LogP contribution in [0.1, 0.15) is 13.8 Å². The molecule has 0 aliphatic carbocycles. The van der Waals surface area contributed by atoms with E-state index in [1.54, 1.807) is 24.5 Å². The van der Waals surface area contributed by atoms with Crippen molar-refractivity contribution < 1.29 is 9.90 Å². The molecule has 0 aromatic carbocycles. The van der Waals surface area contributed by atoms with Crippen LogP contribution < -0.4 is 10.6 Å². The van der Waals surface area contributed by atoms with E-state index in [9.17, 15) is 9.90 Å². The van der Waals surface area contributed by atoms with E-state index in [1.165, 1.54) is 0 Å². The fourth-order valence-corrected chi connectivity index (χ4v) is 1.04. The van der Waals surface area contributed by atoms with Gasteiger partial charge in [-0.15, -0.1) is 0 Å². The summed E-state index contributed by atoms with van der Waals surface area (Å²) < 4.78 is 0. The molecule has 5 heteroatoms. The molecule has 1 atom stereocenters. The van der Waals surface area contributed by atoms with Crippen LogP contribution in [0.25, 0.3) is 0 Å². The number of hydrogen-bond acceptors (Lipinski definition) is 3. The summed E-state index contributed by atoms with van der Waals surface area (Å²) >= 11 is 0. The summed E-state index contributed by atoms with van der Waals surface area (Å²) in [5, 5.41) is 14.7. The molecule has 1 unspecified atom stereocenters. The van der Waals surface area contributed by atoms with Crippen LogP contribution in [-0.2, 0) is 0 Å². The summed E-state index contributed by atoms with van der Waals surface area (Å²) in [6.45, 7) is 4.04. The van der Waals surface area contributed by atoms with Crippen molar-refractivity contribution in [2.45, 2.75) is 20.0 Å². The first kappa shape index (κ1) is 12.4. The molecule has 1 rings (SSSR count). The van der Waals surface area contributed by atoms with Gasteiger partial charge in [-0.1, -0.05) is 13.8 Å².